The SMILES string of the molecule is CC1CCN(c2cnnc(Nc3ccc(Br)cc3)n2)CC1. The number of hydrogen-bond donors (Lipinski definition) is 1. The summed E-state index contributed by atoms with van der Waals surface area (Å²) in [5.74, 6) is 2.24. The van der Waals surface area contributed by atoms with E-state index in [0.717, 1.165) is 35.0 Å². The molecule has 0 amide bonds. The Labute approximate surface area is 132 Å². The minimum absolute atomic E-state index is 0.536. The molecule has 1 aliphatic heterocycles. The van der Waals surface area contributed by atoms with E-state index in [1.807, 2.05) is 24.3 Å². The zero-order valence-electron chi connectivity index (χ0n) is 12.0. The van der Waals surface area contributed by atoms with Crippen LogP contribution in [0, 0.1) is 5.92 Å². The van der Waals surface area contributed by atoms with E-state index in [-0.39, 0.29) is 0 Å². The second-order valence-electron chi connectivity index (χ2n) is 5.44. The average Bonchev–Trinajstić information content (AvgIpc) is 2.51. The number of hydrogen-bond acceptors (Lipinski definition) is 5. The van der Waals surface area contributed by atoms with Gasteiger partial charge in [0.05, 0.1) is 6.20 Å². The van der Waals surface area contributed by atoms with Gasteiger partial charge in [0.15, 0.2) is 5.82 Å². The monoisotopic (exact) mass is 347 g/mol. The maximum absolute atomic E-state index is 4.57. The fraction of sp³-hybridized carbons (Fsp3) is 0.400. The molecule has 1 aliphatic rings. The summed E-state index contributed by atoms with van der Waals surface area (Å²) in [5.41, 5.74) is 0.949. The minimum Gasteiger partial charge on any atom is -0.355 e. The van der Waals surface area contributed by atoms with Gasteiger partial charge in [-0.2, -0.15) is 10.1 Å². The zero-order valence-corrected chi connectivity index (χ0v) is 13.5. The summed E-state index contributed by atoms with van der Waals surface area (Å²) in [6.45, 7) is 4.38. The summed E-state index contributed by atoms with van der Waals surface area (Å²) in [7, 11) is 0. The Bertz CT molecular complexity index is 593. The largest absolute Gasteiger partial charge is 0.355 e. The van der Waals surface area contributed by atoms with Gasteiger partial charge in [-0.15, -0.1) is 5.10 Å². The molecule has 1 N–H and O–H groups in total. The molecule has 0 atom stereocenters. The Balaban J connectivity index is 1.72. The summed E-state index contributed by atoms with van der Waals surface area (Å²) >= 11 is 3.42. The summed E-state index contributed by atoms with van der Waals surface area (Å²) in [6.07, 6.45) is 4.15. The van der Waals surface area contributed by atoms with Crippen molar-refractivity contribution in [3.8, 4) is 0 Å². The molecule has 0 aliphatic carbocycles. The van der Waals surface area contributed by atoms with Gasteiger partial charge in [0, 0.05) is 23.2 Å². The van der Waals surface area contributed by atoms with Crippen molar-refractivity contribution >= 4 is 33.4 Å². The highest BCUT2D eigenvalue weighted by molar-refractivity contribution is 9.10. The van der Waals surface area contributed by atoms with E-state index < -0.39 is 0 Å². The molecule has 21 heavy (non-hydrogen) atoms. The number of piperidine rings is 1. The summed E-state index contributed by atoms with van der Waals surface area (Å²) in [5, 5.41) is 11.3. The highest BCUT2D eigenvalue weighted by atomic mass is 79.9. The maximum Gasteiger partial charge on any atom is 0.249 e. The fourth-order valence-corrected chi connectivity index (χ4v) is 2.66. The van der Waals surface area contributed by atoms with Crippen LogP contribution in [0.2, 0.25) is 0 Å². The lowest BCUT2D eigenvalue weighted by atomic mass is 9.99. The summed E-state index contributed by atoms with van der Waals surface area (Å²) in [6, 6.07) is 7.91. The van der Waals surface area contributed by atoms with Crippen LogP contribution >= 0.6 is 15.9 Å². The average molecular weight is 348 g/mol. The van der Waals surface area contributed by atoms with Gasteiger partial charge in [0.25, 0.3) is 0 Å². The van der Waals surface area contributed by atoms with Crippen molar-refractivity contribution in [2.75, 3.05) is 23.3 Å². The minimum atomic E-state index is 0.536. The van der Waals surface area contributed by atoms with Crippen LogP contribution in [0.15, 0.2) is 34.9 Å². The van der Waals surface area contributed by atoms with E-state index in [9.17, 15) is 0 Å². The third-order valence-electron chi connectivity index (χ3n) is 3.75. The second-order valence-corrected chi connectivity index (χ2v) is 6.36. The third kappa shape index (κ3) is 3.69. The van der Waals surface area contributed by atoms with Crippen LogP contribution in [0.5, 0.6) is 0 Å². The first-order valence-corrected chi connectivity index (χ1v) is 7.97. The lowest BCUT2D eigenvalue weighted by molar-refractivity contribution is 0.436. The molecule has 0 saturated carbocycles. The summed E-state index contributed by atoms with van der Waals surface area (Å²) in [4.78, 5) is 6.85. The van der Waals surface area contributed by atoms with Crippen LogP contribution in [0.25, 0.3) is 0 Å². The van der Waals surface area contributed by atoms with Gasteiger partial charge in [0.1, 0.15) is 0 Å². The molecular formula is C15H18BrN5. The Morgan fingerprint density at radius 3 is 2.62 bits per heavy atom. The molecule has 2 heterocycles. The van der Waals surface area contributed by atoms with Gasteiger partial charge < -0.3 is 10.2 Å². The van der Waals surface area contributed by atoms with Crippen molar-refractivity contribution in [1.82, 2.24) is 15.2 Å². The van der Waals surface area contributed by atoms with Crippen LogP contribution in [0.1, 0.15) is 19.8 Å². The van der Waals surface area contributed by atoms with Gasteiger partial charge in [-0.3, -0.25) is 0 Å². The normalized spacial score (nSPS) is 16.0. The van der Waals surface area contributed by atoms with E-state index in [4.69, 9.17) is 0 Å². The number of benzene rings is 1. The van der Waals surface area contributed by atoms with Crippen molar-refractivity contribution in [3.05, 3.63) is 34.9 Å². The molecule has 1 aromatic carbocycles. The number of aromatic nitrogens is 3. The van der Waals surface area contributed by atoms with Crippen LogP contribution in [-0.4, -0.2) is 28.3 Å². The van der Waals surface area contributed by atoms with Crippen molar-refractivity contribution in [1.29, 1.82) is 0 Å². The number of anilines is 3. The predicted octanol–water partition coefficient (Wildman–Crippen LogP) is 3.61. The fourth-order valence-electron chi connectivity index (χ4n) is 2.40. The Morgan fingerprint density at radius 2 is 1.90 bits per heavy atom. The lowest BCUT2D eigenvalue weighted by Crippen LogP contribution is -2.33. The molecule has 110 valence electrons. The number of rotatable bonds is 3. The highest BCUT2D eigenvalue weighted by Crippen LogP contribution is 2.22. The second kappa shape index (κ2) is 6.39. The first-order chi connectivity index (χ1) is 10.2. The van der Waals surface area contributed by atoms with Gasteiger partial charge in [-0.25, -0.2) is 0 Å². The van der Waals surface area contributed by atoms with Crippen molar-refractivity contribution < 1.29 is 0 Å². The van der Waals surface area contributed by atoms with Crippen LogP contribution < -0.4 is 10.2 Å². The van der Waals surface area contributed by atoms with E-state index >= 15 is 0 Å². The van der Waals surface area contributed by atoms with Crippen LogP contribution in [-0.2, 0) is 0 Å². The van der Waals surface area contributed by atoms with Crippen molar-refractivity contribution in [3.63, 3.8) is 0 Å². The Hall–Kier alpha value is -1.69. The molecule has 2 aromatic rings. The first-order valence-electron chi connectivity index (χ1n) is 7.18. The van der Waals surface area contributed by atoms with E-state index in [0.29, 0.717) is 5.95 Å². The highest BCUT2D eigenvalue weighted by Gasteiger charge is 2.17. The molecule has 5 nitrogen and oxygen atoms in total. The number of nitrogens with one attached hydrogen (secondary N) is 1. The molecule has 1 aromatic heterocycles. The van der Waals surface area contributed by atoms with E-state index in [1.165, 1.54) is 12.8 Å². The molecule has 1 fully saturated rings. The summed E-state index contributed by atoms with van der Waals surface area (Å²) < 4.78 is 1.04. The molecule has 0 radical (unpaired) electrons. The maximum atomic E-state index is 4.57. The Kier molecular flexibility index (Phi) is 4.34. The quantitative estimate of drug-likeness (QED) is 0.918. The Morgan fingerprint density at radius 1 is 1.19 bits per heavy atom. The number of halogens is 1. The molecule has 0 bridgehead atoms. The van der Waals surface area contributed by atoms with Gasteiger partial charge in [-0.05, 0) is 43.0 Å². The zero-order chi connectivity index (χ0) is 14.7. The van der Waals surface area contributed by atoms with Crippen molar-refractivity contribution in [2.24, 2.45) is 5.92 Å². The molecule has 0 spiro atoms. The molecule has 0 unspecified atom stereocenters. The molecule has 1 saturated heterocycles. The smallest absolute Gasteiger partial charge is 0.249 e. The van der Waals surface area contributed by atoms with Gasteiger partial charge in [0.2, 0.25) is 5.95 Å². The molecular weight excluding hydrogens is 330 g/mol. The van der Waals surface area contributed by atoms with Gasteiger partial charge in [-0.1, -0.05) is 22.9 Å². The molecule has 6 heteroatoms. The third-order valence-corrected chi connectivity index (χ3v) is 4.28. The number of nitrogens with zero attached hydrogens (tertiary/aromatic N) is 4. The van der Waals surface area contributed by atoms with Gasteiger partial charge >= 0.3 is 0 Å². The lowest BCUT2D eigenvalue weighted by Gasteiger charge is -2.30. The standard InChI is InChI=1S/C15H18BrN5/c1-11-6-8-21(9-7-11)14-10-17-20-15(19-14)18-13-4-2-12(16)3-5-13/h2-5,10-11H,6-9H2,1H3,(H,18,19,20). The van der Waals surface area contributed by atoms with E-state index in [2.05, 4.69) is 48.3 Å². The van der Waals surface area contributed by atoms with E-state index in [1.54, 1.807) is 6.20 Å². The molecule has 3 rings (SSSR count). The topological polar surface area (TPSA) is 53.9 Å². The van der Waals surface area contributed by atoms with Crippen molar-refractivity contribution in [2.45, 2.75) is 19.8 Å². The van der Waals surface area contributed by atoms with Crippen LogP contribution in [0.4, 0.5) is 17.5 Å². The first kappa shape index (κ1) is 14.3. The predicted molar refractivity (Wildman–Crippen MR) is 87.9 cm³/mol. The van der Waals surface area contributed by atoms with Crippen LogP contribution in [0.3, 0.4) is 0 Å².